The zero-order valence-corrected chi connectivity index (χ0v) is 17.2. The number of hydrogen-bond donors (Lipinski definition) is 0. The first-order chi connectivity index (χ1) is 9.59. The number of hydrogen-bond acceptors (Lipinski definition) is 6. The molecule has 0 spiro atoms. The molecule has 23 heavy (non-hydrogen) atoms. The topological polar surface area (TPSA) is 114 Å². The van der Waals surface area contributed by atoms with Crippen LogP contribution >= 0.6 is 0 Å². The summed E-state index contributed by atoms with van der Waals surface area (Å²) in [7, 11) is 0. The molecule has 0 heterocycles. The van der Waals surface area contributed by atoms with E-state index in [1.54, 1.807) is 27.7 Å². The number of rotatable bonds is 6. The summed E-state index contributed by atoms with van der Waals surface area (Å²) in [5.74, 6) is -3.73. The van der Waals surface area contributed by atoms with Crippen LogP contribution in [0.15, 0.2) is 0 Å². The zero-order valence-electron chi connectivity index (χ0n) is 14.9. The monoisotopic (exact) mass is 509 g/mol. The molecule has 0 bridgehead atoms. The number of Topliss-reactive ketones (excluding diaryl/α,β-unsaturated/α-hetero) is 2. The van der Waals surface area contributed by atoms with Gasteiger partial charge in [-0.25, -0.2) is 0 Å². The Morgan fingerprint density at radius 2 is 0.826 bits per heavy atom. The summed E-state index contributed by atoms with van der Waals surface area (Å²) in [6.45, 7) is 12.2. The SMILES string of the molecule is CC(C)C(=O)C(C)(C)C(=O)[O-].CC(C)C(=O)C(C)(C)C(=O)[O-].[Pt+2]. The van der Waals surface area contributed by atoms with E-state index in [0.717, 1.165) is 0 Å². The molecule has 0 atom stereocenters. The second-order valence-electron chi connectivity index (χ2n) is 6.86. The predicted octanol–water partition coefficient (Wildman–Crippen LogP) is -0.0273. The minimum absolute atomic E-state index is 0. The smallest absolute Gasteiger partial charge is 0.549 e. The molecule has 0 aliphatic carbocycles. The van der Waals surface area contributed by atoms with Gasteiger partial charge in [-0.3, -0.25) is 9.59 Å². The molecule has 0 saturated heterocycles. The third-order valence-electron chi connectivity index (χ3n) is 3.30. The van der Waals surface area contributed by atoms with Crippen molar-refractivity contribution in [2.75, 3.05) is 0 Å². The molecule has 0 radical (unpaired) electrons. The van der Waals surface area contributed by atoms with Gasteiger partial charge in [-0.15, -0.1) is 0 Å². The molecule has 6 nitrogen and oxygen atoms in total. The fourth-order valence-electron chi connectivity index (χ4n) is 1.64. The normalized spacial score (nSPS) is 11.2. The maximum absolute atomic E-state index is 11.2. The summed E-state index contributed by atoms with van der Waals surface area (Å²) in [6, 6.07) is 0. The van der Waals surface area contributed by atoms with Gasteiger partial charge in [0.15, 0.2) is 0 Å². The van der Waals surface area contributed by atoms with Crippen molar-refractivity contribution in [3.8, 4) is 0 Å². The van der Waals surface area contributed by atoms with E-state index in [-0.39, 0.29) is 44.5 Å². The van der Waals surface area contributed by atoms with Crippen LogP contribution in [0.5, 0.6) is 0 Å². The molecule has 0 aromatic carbocycles. The largest absolute Gasteiger partial charge is 2.00 e. The maximum Gasteiger partial charge on any atom is 2.00 e. The molecule has 7 heteroatoms. The minimum atomic E-state index is -1.35. The molecule has 0 fully saturated rings. The van der Waals surface area contributed by atoms with Crippen LogP contribution in [0.4, 0.5) is 0 Å². The Hall–Kier alpha value is -1.03. The van der Waals surface area contributed by atoms with Crippen molar-refractivity contribution in [2.24, 2.45) is 22.7 Å². The fraction of sp³-hybridized carbons (Fsp3) is 0.750. The summed E-state index contributed by atoms with van der Waals surface area (Å²) in [6.07, 6.45) is 0. The maximum atomic E-state index is 11.2. The fourth-order valence-corrected chi connectivity index (χ4v) is 1.64. The predicted molar refractivity (Wildman–Crippen MR) is 77.3 cm³/mol. The summed E-state index contributed by atoms with van der Waals surface area (Å²) in [5.41, 5.74) is -2.71. The molecule has 0 saturated carbocycles. The summed E-state index contributed by atoms with van der Waals surface area (Å²) in [5, 5.41) is 20.9. The second-order valence-corrected chi connectivity index (χ2v) is 6.86. The summed E-state index contributed by atoms with van der Waals surface area (Å²) >= 11 is 0. The van der Waals surface area contributed by atoms with Crippen LogP contribution < -0.4 is 10.2 Å². The number of carboxylic acid groups (broad SMARTS) is 2. The second kappa shape index (κ2) is 9.96. The van der Waals surface area contributed by atoms with Crippen LogP contribution in [0.2, 0.25) is 0 Å². The third kappa shape index (κ3) is 7.87. The molecule has 0 amide bonds. The van der Waals surface area contributed by atoms with Crippen LogP contribution in [-0.4, -0.2) is 23.5 Å². The van der Waals surface area contributed by atoms with Gasteiger partial charge in [-0.1, -0.05) is 27.7 Å². The Morgan fingerprint density at radius 3 is 0.870 bits per heavy atom. The van der Waals surface area contributed by atoms with Gasteiger partial charge in [0.1, 0.15) is 11.6 Å². The van der Waals surface area contributed by atoms with Gasteiger partial charge in [0, 0.05) is 11.8 Å². The van der Waals surface area contributed by atoms with E-state index in [1.807, 2.05) is 0 Å². The van der Waals surface area contributed by atoms with Crippen molar-refractivity contribution in [3.05, 3.63) is 0 Å². The number of carboxylic acids is 2. The van der Waals surface area contributed by atoms with Crippen LogP contribution in [0.3, 0.4) is 0 Å². The van der Waals surface area contributed by atoms with Gasteiger partial charge < -0.3 is 19.8 Å². The Morgan fingerprint density at radius 1 is 0.652 bits per heavy atom. The number of carbonyl (C=O) groups excluding carboxylic acids is 4. The molecular formula is C16H26O6Pt. The number of ketones is 2. The van der Waals surface area contributed by atoms with Crippen molar-refractivity contribution in [1.82, 2.24) is 0 Å². The Labute approximate surface area is 152 Å². The van der Waals surface area contributed by atoms with Crippen molar-refractivity contribution >= 4 is 23.5 Å². The van der Waals surface area contributed by atoms with E-state index < -0.39 is 22.8 Å². The first kappa shape index (κ1) is 26.8. The van der Waals surface area contributed by atoms with Crippen LogP contribution in [0, 0.1) is 22.7 Å². The molecule has 0 aliphatic rings. The average molecular weight is 509 g/mol. The Kier molecular flexibility index (Phi) is 11.6. The van der Waals surface area contributed by atoms with E-state index in [9.17, 15) is 29.4 Å². The first-order valence-electron chi connectivity index (χ1n) is 7.11. The standard InChI is InChI=1S/2C8H14O3.Pt/c2*1-5(2)6(9)8(3,4)7(10)11;/h2*5H,1-4H3,(H,10,11);/q;;+2/p-2. The Bertz CT molecular complexity index is 407. The van der Waals surface area contributed by atoms with Crippen molar-refractivity contribution in [1.29, 1.82) is 0 Å². The molecule has 0 unspecified atom stereocenters. The van der Waals surface area contributed by atoms with Crippen molar-refractivity contribution in [3.63, 3.8) is 0 Å². The van der Waals surface area contributed by atoms with Crippen molar-refractivity contribution in [2.45, 2.75) is 55.4 Å². The Balaban J connectivity index is -0.000000333. The van der Waals surface area contributed by atoms with Crippen LogP contribution in [-0.2, 0) is 40.2 Å². The van der Waals surface area contributed by atoms with Crippen LogP contribution in [0.1, 0.15) is 55.4 Å². The van der Waals surface area contributed by atoms with Crippen LogP contribution in [0.25, 0.3) is 0 Å². The van der Waals surface area contributed by atoms with E-state index in [2.05, 4.69) is 0 Å². The van der Waals surface area contributed by atoms with Gasteiger partial charge in [0.25, 0.3) is 0 Å². The van der Waals surface area contributed by atoms with Gasteiger partial charge in [0.05, 0.1) is 22.8 Å². The molecule has 0 aromatic heterocycles. The molecule has 0 aliphatic heterocycles. The van der Waals surface area contributed by atoms with E-state index in [4.69, 9.17) is 0 Å². The van der Waals surface area contributed by atoms with Gasteiger partial charge in [0.2, 0.25) is 0 Å². The average Bonchev–Trinajstić information content (AvgIpc) is 2.36. The van der Waals surface area contributed by atoms with Gasteiger partial charge in [-0.2, -0.15) is 0 Å². The summed E-state index contributed by atoms with van der Waals surface area (Å²) < 4.78 is 0. The molecule has 0 aromatic rings. The molecule has 136 valence electrons. The number of carbonyl (C=O) groups is 4. The van der Waals surface area contributed by atoms with Gasteiger partial charge in [-0.05, 0) is 27.7 Å². The quantitative estimate of drug-likeness (QED) is 0.465. The zero-order chi connectivity index (χ0) is 18.5. The molecule has 0 N–H and O–H groups in total. The minimum Gasteiger partial charge on any atom is -0.549 e. The third-order valence-corrected chi connectivity index (χ3v) is 3.30. The molecule has 0 rings (SSSR count). The first-order valence-corrected chi connectivity index (χ1v) is 7.11. The van der Waals surface area contributed by atoms with Gasteiger partial charge >= 0.3 is 21.1 Å². The van der Waals surface area contributed by atoms with Crippen molar-refractivity contribution < 1.29 is 50.5 Å². The van der Waals surface area contributed by atoms with E-state index >= 15 is 0 Å². The van der Waals surface area contributed by atoms with E-state index in [1.165, 1.54) is 27.7 Å². The summed E-state index contributed by atoms with van der Waals surface area (Å²) in [4.78, 5) is 43.2. The number of aliphatic carboxylic acids is 2. The molecular weight excluding hydrogens is 483 g/mol. The van der Waals surface area contributed by atoms with E-state index in [0.29, 0.717) is 0 Å².